The van der Waals surface area contributed by atoms with Crippen molar-refractivity contribution in [1.29, 1.82) is 0 Å². The topological polar surface area (TPSA) is 87.5 Å². The molecular formula is C21H22N4O3S. The minimum atomic E-state index is -0.358. The van der Waals surface area contributed by atoms with E-state index in [1.54, 1.807) is 30.3 Å². The van der Waals surface area contributed by atoms with Crippen molar-refractivity contribution in [2.75, 3.05) is 23.7 Å². The Kier molecular flexibility index (Phi) is 5.46. The summed E-state index contributed by atoms with van der Waals surface area (Å²) in [4.78, 5) is 33.1. The van der Waals surface area contributed by atoms with E-state index in [0.717, 1.165) is 37.3 Å². The van der Waals surface area contributed by atoms with Crippen LogP contribution >= 0.6 is 11.3 Å². The van der Waals surface area contributed by atoms with E-state index in [1.165, 1.54) is 22.5 Å². The van der Waals surface area contributed by atoms with Gasteiger partial charge in [0.1, 0.15) is 0 Å². The fourth-order valence-corrected chi connectivity index (χ4v) is 4.28. The van der Waals surface area contributed by atoms with Crippen LogP contribution in [0.1, 0.15) is 44.0 Å². The van der Waals surface area contributed by atoms with Crippen LogP contribution in [0.15, 0.2) is 41.0 Å². The van der Waals surface area contributed by atoms with Crippen molar-refractivity contribution in [3.05, 3.63) is 64.1 Å². The predicted molar refractivity (Wildman–Crippen MR) is 113 cm³/mol. The highest BCUT2D eigenvalue weighted by Crippen LogP contribution is 2.28. The van der Waals surface area contributed by atoms with Gasteiger partial charge >= 0.3 is 0 Å². The van der Waals surface area contributed by atoms with Gasteiger partial charge in [0.25, 0.3) is 11.8 Å². The number of carbonyl (C=O) groups excluding carboxylic acids is 2. The highest BCUT2D eigenvalue weighted by Gasteiger charge is 2.21. The number of amides is 2. The molecule has 0 radical (unpaired) electrons. The van der Waals surface area contributed by atoms with E-state index < -0.39 is 0 Å². The minimum Gasteiger partial charge on any atom is -0.459 e. The third kappa shape index (κ3) is 4.23. The molecule has 0 aliphatic carbocycles. The summed E-state index contributed by atoms with van der Waals surface area (Å²) in [5.74, 6) is -0.394. The first-order chi connectivity index (χ1) is 14.0. The van der Waals surface area contributed by atoms with Gasteiger partial charge in [-0.2, -0.15) is 0 Å². The Bertz CT molecular complexity index is 1040. The average molecular weight is 410 g/mol. The van der Waals surface area contributed by atoms with Gasteiger partial charge in [0, 0.05) is 35.6 Å². The molecule has 4 rings (SSSR count). The Morgan fingerprint density at radius 2 is 2.10 bits per heavy atom. The SMILES string of the molecule is CCN1CCc2nc(NC(=O)c3ccc(C)c(NC(=O)c4ccco4)c3)sc2C1. The van der Waals surface area contributed by atoms with Crippen LogP contribution in [0.25, 0.3) is 0 Å². The van der Waals surface area contributed by atoms with Gasteiger partial charge in [-0.1, -0.05) is 13.0 Å². The summed E-state index contributed by atoms with van der Waals surface area (Å²) in [5.41, 5.74) is 2.95. The van der Waals surface area contributed by atoms with Crippen LogP contribution in [-0.4, -0.2) is 34.8 Å². The van der Waals surface area contributed by atoms with E-state index in [9.17, 15) is 9.59 Å². The Labute approximate surface area is 172 Å². The Morgan fingerprint density at radius 1 is 1.24 bits per heavy atom. The van der Waals surface area contributed by atoms with E-state index in [0.29, 0.717) is 16.4 Å². The number of aromatic nitrogens is 1. The van der Waals surface area contributed by atoms with Gasteiger partial charge in [-0.15, -0.1) is 11.3 Å². The van der Waals surface area contributed by atoms with Crippen molar-refractivity contribution in [1.82, 2.24) is 9.88 Å². The molecule has 2 aromatic heterocycles. The van der Waals surface area contributed by atoms with Crippen LogP contribution in [0, 0.1) is 6.92 Å². The predicted octanol–water partition coefficient (Wildman–Crippen LogP) is 3.93. The van der Waals surface area contributed by atoms with Crippen LogP contribution < -0.4 is 10.6 Å². The van der Waals surface area contributed by atoms with Gasteiger partial charge in [-0.25, -0.2) is 4.98 Å². The Balaban J connectivity index is 1.48. The third-order valence-electron chi connectivity index (χ3n) is 4.97. The number of nitrogens with zero attached hydrogens (tertiary/aromatic N) is 2. The van der Waals surface area contributed by atoms with Crippen LogP contribution in [0.3, 0.4) is 0 Å². The van der Waals surface area contributed by atoms with Gasteiger partial charge in [-0.3, -0.25) is 19.8 Å². The number of rotatable bonds is 5. The number of thiazole rings is 1. The molecule has 8 heteroatoms. The second-order valence-electron chi connectivity index (χ2n) is 6.92. The highest BCUT2D eigenvalue weighted by molar-refractivity contribution is 7.15. The normalized spacial score (nSPS) is 13.7. The van der Waals surface area contributed by atoms with Crippen molar-refractivity contribution >= 4 is 34.0 Å². The van der Waals surface area contributed by atoms with Crippen molar-refractivity contribution in [3.63, 3.8) is 0 Å². The van der Waals surface area contributed by atoms with Gasteiger partial charge in [0.05, 0.1) is 12.0 Å². The molecule has 0 fully saturated rings. The number of carbonyl (C=O) groups is 2. The summed E-state index contributed by atoms with van der Waals surface area (Å²) in [6, 6.07) is 8.44. The molecule has 1 aliphatic rings. The van der Waals surface area contributed by atoms with E-state index in [2.05, 4.69) is 27.4 Å². The molecule has 150 valence electrons. The molecule has 2 amide bonds. The fourth-order valence-electron chi connectivity index (χ4n) is 3.23. The lowest BCUT2D eigenvalue weighted by Gasteiger charge is -2.23. The second-order valence-corrected chi connectivity index (χ2v) is 8.01. The Morgan fingerprint density at radius 3 is 2.86 bits per heavy atom. The van der Waals surface area contributed by atoms with Gasteiger partial charge in [0.2, 0.25) is 0 Å². The van der Waals surface area contributed by atoms with E-state index in [4.69, 9.17) is 4.42 Å². The molecule has 0 unspecified atom stereocenters. The molecule has 3 aromatic rings. The standard InChI is InChI=1S/C21H22N4O3S/c1-3-25-9-8-15-18(12-25)29-21(23-15)24-19(26)14-7-6-13(2)16(11-14)22-20(27)17-5-4-10-28-17/h4-7,10-11H,3,8-9,12H2,1-2H3,(H,22,27)(H,23,24,26). The first-order valence-corrected chi connectivity index (χ1v) is 10.3. The molecule has 7 nitrogen and oxygen atoms in total. The summed E-state index contributed by atoms with van der Waals surface area (Å²) >= 11 is 1.53. The second kappa shape index (κ2) is 8.18. The number of likely N-dealkylation sites (N-methyl/N-ethyl adjacent to an activating group) is 1. The maximum Gasteiger partial charge on any atom is 0.291 e. The zero-order chi connectivity index (χ0) is 20.4. The molecule has 29 heavy (non-hydrogen) atoms. The van der Waals surface area contributed by atoms with Crippen LogP contribution in [0.2, 0.25) is 0 Å². The number of fused-ring (bicyclic) bond motifs is 1. The van der Waals surface area contributed by atoms with E-state index >= 15 is 0 Å². The molecule has 1 aliphatic heterocycles. The molecule has 0 saturated heterocycles. The van der Waals surface area contributed by atoms with Crippen molar-refractivity contribution < 1.29 is 14.0 Å². The summed E-state index contributed by atoms with van der Waals surface area (Å²) in [5, 5.41) is 6.30. The summed E-state index contributed by atoms with van der Waals surface area (Å²) < 4.78 is 5.12. The summed E-state index contributed by atoms with van der Waals surface area (Å²) in [7, 11) is 0. The fraction of sp³-hybridized carbons (Fsp3) is 0.286. The number of furan rings is 1. The largest absolute Gasteiger partial charge is 0.459 e. The number of aryl methyl sites for hydroxylation is 1. The first-order valence-electron chi connectivity index (χ1n) is 9.51. The van der Waals surface area contributed by atoms with E-state index in [-0.39, 0.29) is 17.6 Å². The molecule has 2 N–H and O–H groups in total. The van der Waals surface area contributed by atoms with Gasteiger partial charge < -0.3 is 9.73 Å². The molecule has 0 spiro atoms. The number of anilines is 2. The number of benzene rings is 1. The third-order valence-corrected chi connectivity index (χ3v) is 5.97. The van der Waals surface area contributed by atoms with Crippen LogP contribution in [0.4, 0.5) is 10.8 Å². The molecule has 0 atom stereocenters. The lowest BCUT2D eigenvalue weighted by atomic mass is 10.1. The number of nitrogens with one attached hydrogen (secondary N) is 2. The first kappa shape index (κ1) is 19.4. The zero-order valence-corrected chi connectivity index (χ0v) is 17.1. The minimum absolute atomic E-state index is 0.216. The Hall–Kier alpha value is -2.97. The molecular weight excluding hydrogens is 388 g/mol. The van der Waals surface area contributed by atoms with Crippen molar-refractivity contribution in [2.24, 2.45) is 0 Å². The quantitative estimate of drug-likeness (QED) is 0.666. The smallest absolute Gasteiger partial charge is 0.291 e. The molecule has 0 saturated carbocycles. The lowest BCUT2D eigenvalue weighted by molar-refractivity contribution is 0.0993. The summed E-state index contributed by atoms with van der Waals surface area (Å²) in [6.07, 6.45) is 2.35. The average Bonchev–Trinajstić information content (AvgIpc) is 3.38. The van der Waals surface area contributed by atoms with Crippen LogP contribution in [0.5, 0.6) is 0 Å². The highest BCUT2D eigenvalue weighted by atomic mass is 32.1. The molecule has 1 aromatic carbocycles. The number of hydrogen-bond donors (Lipinski definition) is 2. The van der Waals surface area contributed by atoms with E-state index in [1.807, 2.05) is 6.92 Å². The molecule has 0 bridgehead atoms. The maximum atomic E-state index is 12.7. The molecule has 3 heterocycles. The van der Waals surface area contributed by atoms with Crippen molar-refractivity contribution in [3.8, 4) is 0 Å². The van der Waals surface area contributed by atoms with Crippen LogP contribution in [-0.2, 0) is 13.0 Å². The lowest BCUT2D eigenvalue weighted by Crippen LogP contribution is -2.29. The maximum absolute atomic E-state index is 12.7. The van der Waals surface area contributed by atoms with Gasteiger partial charge in [0.15, 0.2) is 10.9 Å². The van der Waals surface area contributed by atoms with Crippen molar-refractivity contribution in [2.45, 2.75) is 26.8 Å². The number of hydrogen-bond acceptors (Lipinski definition) is 6. The summed E-state index contributed by atoms with van der Waals surface area (Å²) in [6.45, 7) is 6.90. The monoisotopic (exact) mass is 410 g/mol. The zero-order valence-electron chi connectivity index (χ0n) is 16.3. The van der Waals surface area contributed by atoms with Gasteiger partial charge in [-0.05, 0) is 43.3 Å².